The van der Waals surface area contributed by atoms with Crippen molar-refractivity contribution in [1.29, 1.82) is 0 Å². The average Bonchev–Trinajstić information content (AvgIpc) is 3.08. The Labute approximate surface area is 177 Å². The Bertz CT molecular complexity index is 783. The van der Waals surface area contributed by atoms with Crippen LogP contribution < -0.4 is 5.32 Å². The van der Waals surface area contributed by atoms with E-state index in [4.69, 9.17) is 23.2 Å². The molecule has 2 rings (SSSR count). The molecule has 0 radical (unpaired) electrons. The van der Waals surface area contributed by atoms with Gasteiger partial charge in [0.1, 0.15) is 0 Å². The zero-order valence-electron chi connectivity index (χ0n) is 17.1. The van der Waals surface area contributed by atoms with Crippen molar-refractivity contribution >= 4 is 34.9 Å². The molecule has 0 fully saturated rings. The van der Waals surface area contributed by atoms with Crippen LogP contribution in [-0.4, -0.2) is 52.3 Å². The molecule has 1 unspecified atom stereocenters. The quantitative estimate of drug-likeness (QED) is 0.658. The molecule has 1 heterocycles. The first kappa shape index (κ1) is 22.5. The van der Waals surface area contributed by atoms with E-state index in [0.717, 1.165) is 12.1 Å². The van der Waals surface area contributed by atoms with Crippen molar-refractivity contribution in [3.05, 3.63) is 46.2 Å². The van der Waals surface area contributed by atoms with E-state index in [0.29, 0.717) is 34.7 Å². The number of hydrogen-bond acceptors (Lipinski definition) is 3. The van der Waals surface area contributed by atoms with Crippen LogP contribution in [0.3, 0.4) is 0 Å². The summed E-state index contributed by atoms with van der Waals surface area (Å²) in [5, 5.41) is 8.15. The van der Waals surface area contributed by atoms with Crippen LogP contribution in [-0.2, 0) is 13.1 Å². The molecule has 6 nitrogen and oxygen atoms in total. The zero-order chi connectivity index (χ0) is 20.8. The molecule has 154 valence electrons. The molecule has 1 aromatic heterocycles. The monoisotopic (exact) mass is 425 g/mol. The molecule has 0 bridgehead atoms. The van der Waals surface area contributed by atoms with Gasteiger partial charge in [-0.05, 0) is 44.6 Å². The lowest BCUT2D eigenvalue weighted by Gasteiger charge is -2.34. The van der Waals surface area contributed by atoms with Crippen molar-refractivity contribution in [2.75, 3.05) is 26.0 Å². The van der Waals surface area contributed by atoms with E-state index in [1.807, 2.05) is 33.3 Å². The maximum atomic E-state index is 13.0. The number of nitrogens with one attached hydrogen (secondary N) is 1. The van der Waals surface area contributed by atoms with Crippen LogP contribution in [0, 0.1) is 5.92 Å². The SMILES string of the molecule is CCn1cc(NC(=O)N(Cc2ccc(Cl)c(Cl)c2)CC(C(C)C)N(C)C)cn1. The molecule has 0 saturated carbocycles. The number of halogens is 2. The number of likely N-dealkylation sites (N-methyl/N-ethyl adjacent to an activating group) is 1. The Kier molecular flexibility index (Phi) is 8.16. The fourth-order valence-corrected chi connectivity index (χ4v) is 3.40. The summed E-state index contributed by atoms with van der Waals surface area (Å²) in [5.41, 5.74) is 1.60. The summed E-state index contributed by atoms with van der Waals surface area (Å²) in [6.07, 6.45) is 3.48. The summed E-state index contributed by atoms with van der Waals surface area (Å²) in [7, 11) is 4.07. The molecule has 2 aromatic rings. The number of amides is 2. The second-order valence-corrected chi connectivity index (χ2v) is 8.23. The molecule has 1 aromatic carbocycles. The van der Waals surface area contributed by atoms with Crippen LogP contribution in [0.2, 0.25) is 10.0 Å². The van der Waals surface area contributed by atoms with Gasteiger partial charge in [0.15, 0.2) is 0 Å². The van der Waals surface area contributed by atoms with Gasteiger partial charge in [0, 0.05) is 31.9 Å². The fraction of sp³-hybridized carbons (Fsp3) is 0.500. The van der Waals surface area contributed by atoms with Gasteiger partial charge in [-0.3, -0.25) is 4.68 Å². The minimum absolute atomic E-state index is 0.172. The first-order valence-electron chi connectivity index (χ1n) is 9.40. The van der Waals surface area contributed by atoms with Crippen molar-refractivity contribution in [3.63, 3.8) is 0 Å². The number of rotatable bonds is 8. The largest absolute Gasteiger partial charge is 0.322 e. The highest BCUT2D eigenvalue weighted by Crippen LogP contribution is 2.24. The minimum Gasteiger partial charge on any atom is -0.319 e. The molecule has 2 amide bonds. The van der Waals surface area contributed by atoms with Crippen molar-refractivity contribution in [3.8, 4) is 0 Å². The summed E-state index contributed by atoms with van der Waals surface area (Å²) < 4.78 is 1.77. The number of carbonyl (C=O) groups excluding carboxylic acids is 1. The number of aryl methyl sites for hydroxylation is 1. The Hall–Kier alpha value is -1.76. The summed E-state index contributed by atoms with van der Waals surface area (Å²) in [5.74, 6) is 0.391. The van der Waals surface area contributed by atoms with Crippen molar-refractivity contribution < 1.29 is 4.79 Å². The summed E-state index contributed by atoms with van der Waals surface area (Å²) in [6.45, 7) is 8.08. The smallest absolute Gasteiger partial charge is 0.319 e. The molecule has 0 spiro atoms. The van der Waals surface area contributed by atoms with Crippen LogP contribution in [0.15, 0.2) is 30.6 Å². The topological polar surface area (TPSA) is 53.4 Å². The van der Waals surface area contributed by atoms with Gasteiger partial charge < -0.3 is 15.1 Å². The third-order valence-electron chi connectivity index (χ3n) is 4.69. The average molecular weight is 426 g/mol. The minimum atomic E-state index is -0.172. The molecule has 8 heteroatoms. The van der Waals surface area contributed by atoms with Crippen LogP contribution >= 0.6 is 23.2 Å². The second-order valence-electron chi connectivity index (χ2n) is 7.42. The maximum absolute atomic E-state index is 13.0. The van der Waals surface area contributed by atoms with E-state index < -0.39 is 0 Å². The highest BCUT2D eigenvalue weighted by atomic mass is 35.5. The van der Waals surface area contributed by atoms with Crippen molar-refractivity contribution in [1.82, 2.24) is 19.6 Å². The Morgan fingerprint density at radius 3 is 2.50 bits per heavy atom. The normalized spacial score (nSPS) is 12.5. The number of hydrogen-bond donors (Lipinski definition) is 1. The molecular formula is C20H29Cl2N5O. The number of anilines is 1. The Balaban J connectivity index is 2.22. The van der Waals surface area contributed by atoms with Gasteiger partial charge >= 0.3 is 6.03 Å². The second kappa shape index (κ2) is 10.1. The highest BCUT2D eigenvalue weighted by Gasteiger charge is 2.24. The van der Waals surface area contributed by atoms with Gasteiger partial charge in [-0.1, -0.05) is 43.1 Å². The Morgan fingerprint density at radius 2 is 1.96 bits per heavy atom. The van der Waals surface area contributed by atoms with Crippen molar-refractivity contribution in [2.45, 2.75) is 39.9 Å². The molecule has 0 aliphatic carbocycles. The number of benzene rings is 1. The third-order valence-corrected chi connectivity index (χ3v) is 5.43. The fourth-order valence-electron chi connectivity index (χ4n) is 3.08. The van der Waals surface area contributed by atoms with E-state index >= 15 is 0 Å². The van der Waals surface area contributed by atoms with Crippen LogP contribution in [0.1, 0.15) is 26.3 Å². The lowest BCUT2D eigenvalue weighted by atomic mass is 10.0. The first-order chi connectivity index (χ1) is 13.2. The number of aromatic nitrogens is 2. The molecular weight excluding hydrogens is 397 g/mol. The van der Waals surface area contributed by atoms with Gasteiger partial charge in [0.2, 0.25) is 0 Å². The van der Waals surface area contributed by atoms with Crippen molar-refractivity contribution in [2.24, 2.45) is 5.92 Å². The molecule has 0 aliphatic rings. The standard InChI is InChI=1S/C20H29Cl2N5O/c1-6-27-12-16(10-23-27)24-20(28)26(13-19(14(2)3)25(4)5)11-15-7-8-17(21)18(22)9-15/h7-10,12,14,19H,6,11,13H2,1-5H3,(H,24,28). The first-order valence-corrected chi connectivity index (χ1v) is 10.2. The van der Waals surface area contributed by atoms with E-state index in [2.05, 4.69) is 29.2 Å². The van der Waals surface area contributed by atoms with E-state index in [9.17, 15) is 4.79 Å². The van der Waals surface area contributed by atoms with Crippen LogP contribution in [0.4, 0.5) is 10.5 Å². The number of nitrogens with zero attached hydrogens (tertiary/aromatic N) is 4. The van der Waals surface area contributed by atoms with Gasteiger partial charge in [-0.15, -0.1) is 0 Å². The highest BCUT2D eigenvalue weighted by molar-refractivity contribution is 6.42. The third kappa shape index (κ3) is 6.12. The van der Waals surface area contributed by atoms with E-state index in [1.54, 1.807) is 27.9 Å². The number of carbonyl (C=O) groups is 1. The molecule has 28 heavy (non-hydrogen) atoms. The molecule has 1 N–H and O–H groups in total. The zero-order valence-corrected chi connectivity index (χ0v) is 18.6. The van der Waals surface area contributed by atoms with Gasteiger partial charge in [0.25, 0.3) is 0 Å². The van der Waals surface area contributed by atoms with E-state index in [1.165, 1.54) is 0 Å². The summed E-state index contributed by atoms with van der Waals surface area (Å²) in [6, 6.07) is 5.50. The summed E-state index contributed by atoms with van der Waals surface area (Å²) in [4.78, 5) is 17.0. The molecule has 0 saturated heterocycles. The lowest BCUT2D eigenvalue weighted by Crippen LogP contribution is -2.46. The van der Waals surface area contributed by atoms with Gasteiger partial charge in [-0.2, -0.15) is 5.10 Å². The van der Waals surface area contributed by atoms with Crippen LogP contribution in [0.25, 0.3) is 0 Å². The van der Waals surface area contributed by atoms with Crippen LogP contribution in [0.5, 0.6) is 0 Å². The van der Waals surface area contributed by atoms with Gasteiger partial charge in [-0.25, -0.2) is 4.79 Å². The molecule has 1 atom stereocenters. The van der Waals surface area contributed by atoms with Gasteiger partial charge in [0.05, 0.1) is 21.9 Å². The Morgan fingerprint density at radius 1 is 1.25 bits per heavy atom. The summed E-state index contributed by atoms with van der Waals surface area (Å²) >= 11 is 12.2. The predicted octanol–water partition coefficient (Wildman–Crippen LogP) is 4.83. The lowest BCUT2D eigenvalue weighted by molar-refractivity contribution is 0.155. The number of urea groups is 1. The molecule has 0 aliphatic heterocycles. The predicted molar refractivity (Wildman–Crippen MR) is 116 cm³/mol. The van der Waals surface area contributed by atoms with E-state index in [-0.39, 0.29) is 12.1 Å². The maximum Gasteiger partial charge on any atom is 0.322 e.